The van der Waals surface area contributed by atoms with Crippen molar-refractivity contribution < 1.29 is 41.5 Å². The van der Waals surface area contributed by atoms with Gasteiger partial charge in [0.1, 0.15) is 11.6 Å². The van der Waals surface area contributed by atoms with E-state index in [0.717, 1.165) is 35.7 Å². The number of aryl methyl sites for hydroxylation is 1. The van der Waals surface area contributed by atoms with E-state index in [-0.39, 0.29) is 11.7 Å². The van der Waals surface area contributed by atoms with E-state index in [0.29, 0.717) is 38.3 Å². The van der Waals surface area contributed by atoms with E-state index in [4.69, 9.17) is 19.2 Å². The summed E-state index contributed by atoms with van der Waals surface area (Å²) in [6.45, 7) is 5.48. The molecule has 38 heavy (non-hydrogen) atoms. The summed E-state index contributed by atoms with van der Waals surface area (Å²) < 4.78 is 56.0. The summed E-state index contributed by atoms with van der Waals surface area (Å²) in [5, 5.41) is 11.0. The lowest BCUT2D eigenvalue weighted by atomic mass is 10.0. The number of nitrogens with zero attached hydrogens (tertiary/aromatic N) is 3. The summed E-state index contributed by atoms with van der Waals surface area (Å²) in [5.74, 6) is -1.48. The first kappa shape index (κ1) is 28.5. The van der Waals surface area contributed by atoms with Crippen molar-refractivity contribution in [3.63, 3.8) is 0 Å². The standard InChI is InChI=1S/C24H26FN3O3.C2HF3O2/c1-2-30-22-6-4-3-5-21(22)27-13-15-28(16-14-27)23(29)12-9-19-17-26-31-24(19)18-7-10-20(25)11-8-18;3-2(4,5)1(6)7/h3-8,10-11,17H,2,9,12-16H2,1H3;(H,6,7). The predicted octanol–water partition coefficient (Wildman–Crippen LogP) is 4.79. The summed E-state index contributed by atoms with van der Waals surface area (Å²) in [6.07, 6.45) is -2.54. The fourth-order valence-electron chi connectivity index (χ4n) is 3.87. The Bertz CT molecular complexity index is 1210. The van der Waals surface area contributed by atoms with Crippen LogP contribution in [0.4, 0.5) is 23.2 Å². The number of para-hydroxylation sites is 2. The molecule has 204 valence electrons. The van der Waals surface area contributed by atoms with Gasteiger partial charge in [-0.15, -0.1) is 0 Å². The van der Waals surface area contributed by atoms with Gasteiger partial charge in [0.2, 0.25) is 5.91 Å². The molecule has 0 atom stereocenters. The second-order valence-electron chi connectivity index (χ2n) is 8.26. The van der Waals surface area contributed by atoms with Crippen LogP contribution in [-0.2, 0) is 16.0 Å². The zero-order valence-corrected chi connectivity index (χ0v) is 20.6. The molecule has 1 aromatic heterocycles. The van der Waals surface area contributed by atoms with Crippen molar-refractivity contribution >= 4 is 17.6 Å². The van der Waals surface area contributed by atoms with E-state index in [1.165, 1.54) is 12.1 Å². The summed E-state index contributed by atoms with van der Waals surface area (Å²) in [7, 11) is 0. The van der Waals surface area contributed by atoms with Crippen molar-refractivity contribution in [2.24, 2.45) is 0 Å². The first-order valence-corrected chi connectivity index (χ1v) is 11.8. The third-order valence-corrected chi connectivity index (χ3v) is 5.74. The van der Waals surface area contributed by atoms with Gasteiger partial charge in [-0.05, 0) is 49.7 Å². The molecule has 2 heterocycles. The Hall–Kier alpha value is -4.09. The van der Waals surface area contributed by atoms with Gasteiger partial charge in [-0.1, -0.05) is 17.3 Å². The summed E-state index contributed by atoms with van der Waals surface area (Å²) >= 11 is 0. The smallest absolute Gasteiger partial charge is 0.490 e. The van der Waals surface area contributed by atoms with E-state index in [1.54, 1.807) is 18.3 Å². The lowest BCUT2D eigenvalue weighted by Gasteiger charge is -2.36. The number of aliphatic carboxylic acids is 1. The molecular weight excluding hydrogens is 510 g/mol. The van der Waals surface area contributed by atoms with E-state index < -0.39 is 12.1 Å². The second kappa shape index (κ2) is 12.9. The molecule has 1 saturated heterocycles. The van der Waals surface area contributed by atoms with Crippen LogP contribution in [0.25, 0.3) is 11.3 Å². The predicted molar refractivity (Wildman–Crippen MR) is 130 cm³/mol. The van der Waals surface area contributed by atoms with Gasteiger partial charge in [-0.3, -0.25) is 4.79 Å². The number of anilines is 1. The highest BCUT2D eigenvalue weighted by Gasteiger charge is 2.38. The molecule has 8 nitrogen and oxygen atoms in total. The monoisotopic (exact) mass is 537 g/mol. The van der Waals surface area contributed by atoms with Crippen molar-refractivity contribution in [2.45, 2.75) is 25.9 Å². The third-order valence-electron chi connectivity index (χ3n) is 5.74. The molecule has 0 spiro atoms. The lowest BCUT2D eigenvalue weighted by molar-refractivity contribution is -0.192. The Kier molecular flexibility index (Phi) is 9.69. The number of benzene rings is 2. The number of piperazine rings is 1. The van der Waals surface area contributed by atoms with Gasteiger partial charge in [0.05, 0.1) is 18.5 Å². The molecule has 1 fully saturated rings. The van der Waals surface area contributed by atoms with Gasteiger partial charge in [0.15, 0.2) is 5.76 Å². The minimum absolute atomic E-state index is 0.115. The zero-order chi connectivity index (χ0) is 27.7. The minimum Gasteiger partial charge on any atom is -0.492 e. The fourth-order valence-corrected chi connectivity index (χ4v) is 3.87. The highest BCUT2D eigenvalue weighted by molar-refractivity contribution is 5.77. The zero-order valence-electron chi connectivity index (χ0n) is 20.6. The van der Waals surface area contributed by atoms with E-state index in [9.17, 15) is 22.4 Å². The Morgan fingerprint density at radius 2 is 1.68 bits per heavy atom. The molecule has 0 aliphatic carbocycles. The molecule has 3 aromatic rings. The van der Waals surface area contributed by atoms with Crippen LogP contribution >= 0.6 is 0 Å². The number of hydrogen-bond acceptors (Lipinski definition) is 6. The number of carboxylic acid groups (broad SMARTS) is 1. The number of aromatic nitrogens is 1. The molecule has 0 unspecified atom stereocenters. The van der Waals surface area contributed by atoms with Gasteiger partial charge in [-0.2, -0.15) is 13.2 Å². The molecule has 0 bridgehead atoms. The number of rotatable bonds is 7. The minimum atomic E-state index is -5.08. The number of halogens is 4. The summed E-state index contributed by atoms with van der Waals surface area (Å²) in [4.78, 5) is 25.8. The first-order chi connectivity index (χ1) is 18.1. The Labute approximate surface area is 216 Å². The van der Waals surface area contributed by atoms with Crippen molar-refractivity contribution in [3.05, 3.63) is 66.1 Å². The maximum Gasteiger partial charge on any atom is 0.490 e. The Morgan fingerprint density at radius 1 is 1.05 bits per heavy atom. The van der Waals surface area contributed by atoms with Crippen LogP contribution in [0.2, 0.25) is 0 Å². The van der Waals surface area contributed by atoms with Crippen LogP contribution < -0.4 is 9.64 Å². The number of ether oxygens (including phenoxy) is 1. The molecule has 12 heteroatoms. The number of hydrogen-bond donors (Lipinski definition) is 1. The van der Waals surface area contributed by atoms with Crippen molar-refractivity contribution in [3.8, 4) is 17.1 Å². The normalized spacial score (nSPS) is 13.5. The maximum atomic E-state index is 13.2. The number of carboxylic acids is 1. The molecular formula is C26H27F4N3O5. The molecule has 4 rings (SSSR count). The molecule has 2 aromatic carbocycles. The van der Waals surface area contributed by atoms with Crippen molar-refractivity contribution in [1.82, 2.24) is 10.1 Å². The molecule has 1 aliphatic rings. The summed E-state index contributed by atoms with van der Waals surface area (Å²) in [5.41, 5.74) is 2.68. The van der Waals surface area contributed by atoms with Crippen molar-refractivity contribution in [1.29, 1.82) is 0 Å². The van der Waals surface area contributed by atoms with Crippen LogP contribution in [-0.4, -0.2) is 66.0 Å². The fraction of sp³-hybridized carbons (Fsp3) is 0.346. The molecule has 0 saturated carbocycles. The molecule has 0 radical (unpaired) electrons. The highest BCUT2D eigenvalue weighted by atomic mass is 19.4. The highest BCUT2D eigenvalue weighted by Crippen LogP contribution is 2.29. The van der Waals surface area contributed by atoms with Crippen molar-refractivity contribution in [2.75, 3.05) is 37.7 Å². The van der Waals surface area contributed by atoms with E-state index in [2.05, 4.69) is 16.1 Å². The molecule has 1 N–H and O–H groups in total. The number of alkyl halides is 3. The summed E-state index contributed by atoms with van der Waals surface area (Å²) in [6, 6.07) is 14.1. The lowest BCUT2D eigenvalue weighted by Crippen LogP contribution is -2.49. The topological polar surface area (TPSA) is 96.1 Å². The maximum absolute atomic E-state index is 13.2. The Balaban J connectivity index is 0.000000505. The van der Waals surface area contributed by atoms with Crippen LogP contribution in [0.15, 0.2) is 59.3 Å². The van der Waals surface area contributed by atoms with Crippen LogP contribution in [0.5, 0.6) is 5.75 Å². The van der Waals surface area contributed by atoms with Crippen LogP contribution in [0, 0.1) is 5.82 Å². The van der Waals surface area contributed by atoms with Gasteiger partial charge in [-0.25, -0.2) is 9.18 Å². The Morgan fingerprint density at radius 3 is 2.29 bits per heavy atom. The quantitative estimate of drug-likeness (QED) is 0.433. The average Bonchev–Trinajstić information content (AvgIpc) is 3.37. The molecule has 1 aliphatic heterocycles. The third kappa shape index (κ3) is 7.70. The van der Waals surface area contributed by atoms with Crippen LogP contribution in [0.1, 0.15) is 18.9 Å². The number of amides is 1. The average molecular weight is 538 g/mol. The molecule has 1 amide bonds. The second-order valence-corrected chi connectivity index (χ2v) is 8.26. The van der Waals surface area contributed by atoms with Gasteiger partial charge in [0, 0.05) is 43.7 Å². The van der Waals surface area contributed by atoms with Gasteiger partial charge >= 0.3 is 12.1 Å². The SMILES string of the molecule is CCOc1ccccc1N1CCN(C(=O)CCc2cnoc2-c2ccc(F)cc2)CC1.O=C(O)C(F)(F)F. The largest absolute Gasteiger partial charge is 0.492 e. The first-order valence-electron chi connectivity index (χ1n) is 11.8. The van der Waals surface area contributed by atoms with Crippen LogP contribution in [0.3, 0.4) is 0 Å². The van der Waals surface area contributed by atoms with Gasteiger partial charge in [0.25, 0.3) is 0 Å². The van der Waals surface area contributed by atoms with E-state index in [1.807, 2.05) is 30.0 Å². The van der Waals surface area contributed by atoms with Gasteiger partial charge < -0.3 is 24.2 Å². The number of carbonyl (C=O) groups is 2. The van der Waals surface area contributed by atoms with E-state index >= 15 is 0 Å². The number of carbonyl (C=O) groups excluding carboxylic acids is 1.